The van der Waals surface area contributed by atoms with Crippen LogP contribution in [-0.2, 0) is 9.53 Å². The number of carbonyl (C=O) groups is 1. The van der Waals surface area contributed by atoms with E-state index in [-0.39, 0.29) is 5.78 Å². The molecule has 0 radical (unpaired) electrons. The van der Waals surface area contributed by atoms with Crippen molar-refractivity contribution in [1.82, 2.24) is 0 Å². The topological polar surface area (TPSA) is 46.5 Å². The molecule has 0 spiro atoms. The Hall–Kier alpha value is -2.64. The van der Waals surface area contributed by atoms with Crippen LogP contribution in [0.2, 0.25) is 5.02 Å². The Bertz CT molecular complexity index is 1310. The number of Topliss-reactive ketones (excluding diaryl/α,β-unsaturated/α-hetero) is 1. The molecule has 35 heavy (non-hydrogen) atoms. The van der Waals surface area contributed by atoms with E-state index in [1.165, 1.54) is 0 Å². The van der Waals surface area contributed by atoms with Gasteiger partial charge in [0, 0.05) is 10.6 Å². The fourth-order valence-corrected chi connectivity index (χ4v) is 4.99. The quantitative estimate of drug-likeness (QED) is 0.385. The monoisotopic (exact) mass is 488 g/mol. The first kappa shape index (κ1) is 25.5. The van der Waals surface area contributed by atoms with E-state index in [9.17, 15) is 9.90 Å². The van der Waals surface area contributed by atoms with Gasteiger partial charge in [0.2, 0.25) is 0 Å². The molecule has 3 aromatic carbocycles. The number of hydrogen-bond acceptors (Lipinski definition) is 3. The van der Waals surface area contributed by atoms with Crippen LogP contribution in [0.25, 0.3) is 21.9 Å². The van der Waals surface area contributed by atoms with Crippen LogP contribution in [0.5, 0.6) is 0 Å². The summed E-state index contributed by atoms with van der Waals surface area (Å²) < 4.78 is 6.32. The fourth-order valence-electron chi connectivity index (χ4n) is 4.87. The van der Waals surface area contributed by atoms with Gasteiger partial charge in [-0.15, -0.1) is 0 Å². The van der Waals surface area contributed by atoms with Gasteiger partial charge in [0.25, 0.3) is 0 Å². The second-order valence-electron chi connectivity index (χ2n) is 10.6. The lowest BCUT2D eigenvalue weighted by molar-refractivity contribution is -0.138. The van der Waals surface area contributed by atoms with Gasteiger partial charge in [-0.3, -0.25) is 4.79 Å². The normalized spacial score (nSPS) is 16.1. The van der Waals surface area contributed by atoms with E-state index >= 15 is 0 Å². The maximum Gasteiger partial charge on any atom is 0.163 e. The zero-order valence-electron chi connectivity index (χ0n) is 21.2. The first-order valence-electron chi connectivity index (χ1n) is 12.2. The highest BCUT2D eigenvalue weighted by Crippen LogP contribution is 2.41. The third-order valence-corrected chi connectivity index (χ3v) is 6.75. The highest BCUT2D eigenvalue weighted by Gasteiger charge is 2.30. The molecule has 1 atom stereocenters. The minimum absolute atomic E-state index is 0.0445. The number of rotatable bonds is 4. The molecule has 4 heteroatoms. The van der Waals surface area contributed by atoms with Crippen molar-refractivity contribution in [3.8, 4) is 23.0 Å². The van der Waals surface area contributed by atoms with Crippen molar-refractivity contribution in [2.75, 3.05) is 0 Å². The summed E-state index contributed by atoms with van der Waals surface area (Å²) in [6, 6.07) is 15.9. The molecule has 0 aliphatic heterocycles. The molecule has 0 saturated heterocycles. The largest absolute Gasteiger partial charge is 0.378 e. The molecular formula is C31H33ClO3. The molecule has 3 aromatic rings. The Morgan fingerprint density at radius 1 is 1.09 bits per heavy atom. The predicted molar refractivity (Wildman–Crippen MR) is 144 cm³/mol. The number of aryl methyl sites for hydroxylation is 1. The first-order chi connectivity index (χ1) is 16.5. The van der Waals surface area contributed by atoms with Crippen molar-refractivity contribution in [3.63, 3.8) is 0 Å². The summed E-state index contributed by atoms with van der Waals surface area (Å²) in [6.07, 6.45) is 2.74. The molecule has 4 rings (SSSR count). The van der Waals surface area contributed by atoms with Gasteiger partial charge in [0.15, 0.2) is 5.78 Å². The summed E-state index contributed by atoms with van der Waals surface area (Å²) in [5.74, 6) is 6.28. The minimum atomic E-state index is -0.896. The lowest BCUT2D eigenvalue weighted by atomic mass is 9.85. The van der Waals surface area contributed by atoms with Crippen LogP contribution in [0.15, 0.2) is 48.5 Å². The molecule has 1 aliphatic rings. The van der Waals surface area contributed by atoms with Gasteiger partial charge in [-0.05, 0) is 118 Å². The van der Waals surface area contributed by atoms with Gasteiger partial charge >= 0.3 is 0 Å². The van der Waals surface area contributed by atoms with Crippen molar-refractivity contribution >= 4 is 28.2 Å². The van der Waals surface area contributed by atoms with E-state index in [0.717, 1.165) is 64.3 Å². The smallest absolute Gasteiger partial charge is 0.163 e. The predicted octanol–water partition coefficient (Wildman–Crippen LogP) is 7.57. The van der Waals surface area contributed by atoms with E-state index < -0.39 is 17.3 Å². The van der Waals surface area contributed by atoms with Crippen LogP contribution >= 0.6 is 11.6 Å². The molecule has 1 N–H and O–H groups in total. The number of aliphatic hydroxyl groups is 1. The minimum Gasteiger partial charge on any atom is -0.378 e. The van der Waals surface area contributed by atoms with Crippen molar-refractivity contribution < 1.29 is 14.6 Å². The first-order valence-corrected chi connectivity index (χ1v) is 12.6. The molecule has 182 valence electrons. The highest BCUT2D eigenvalue weighted by molar-refractivity contribution is 6.30. The average molecular weight is 489 g/mol. The molecule has 0 bridgehead atoms. The van der Waals surface area contributed by atoms with E-state index in [1.807, 2.05) is 58.0 Å². The molecule has 3 nitrogen and oxygen atoms in total. The lowest BCUT2D eigenvalue weighted by Crippen LogP contribution is -2.27. The van der Waals surface area contributed by atoms with Crippen molar-refractivity contribution in [3.05, 3.63) is 70.2 Å². The van der Waals surface area contributed by atoms with Crippen LogP contribution in [-0.4, -0.2) is 22.1 Å². The summed E-state index contributed by atoms with van der Waals surface area (Å²) in [4.78, 5) is 12.9. The third-order valence-electron chi connectivity index (χ3n) is 6.49. The maximum absolute atomic E-state index is 12.9. The summed E-state index contributed by atoms with van der Waals surface area (Å²) in [7, 11) is 0. The number of fused-ring (bicyclic) bond motifs is 1. The van der Waals surface area contributed by atoms with Gasteiger partial charge in [0.05, 0.1) is 5.60 Å². The molecule has 1 fully saturated rings. The molecule has 1 aliphatic carbocycles. The average Bonchev–Trinajstić information content (AvgIpc) is 3.22. The zero-order valence-corrected chi connectivity index (χ0v) is 21.9. The Kier molecular flexibility index (Phi) is 7.11. The number of benzene rings is 3. The van der Waals surface area contributed by atoms with Crippen molar-refractivity contribution in [1.29, 1.82) is 0 Å². The SMILES string of the molecule is CC(=O)C(OC(C)(C)C)c1c(C)cc2ccc(C#CC3(O)CCCC3)cc2c1-c1ccc(Cl)cc1. The van der Waals surface area contributed by atoms with Gasteiger partial charge in [0.1, 0.15) is 11.7 Å². The third kappa shape index (κ3) is 5.78. The maximum atomic E-state index is 12.9. The van der Waals surface area contributed by atoms with E-state index in [2.05, 4.69) is 30.0 Å². The van der Waals surface area contributed by atoms with E-state index in [4.69, 9.17) is 16.3 Å². The number of ketones is 1. The number of ether oxygens (including phenoxy) is 1. The van der Waals surface area contributed by atoms with Crippen LogP contribution in [0, 0.1) is 18.8 Å². The van der Waals surface area contributed by atoms with Crippen LogP contribution in [0.4, 0.5) is 0 Å². The lowest BCUT2D eigenvalue weighted by Gasteiger charge is -2.29. The zero-order chi connectivity index (χ0) is 25.4. The Labute approximate surface area is 213 Å². The Morgan fingerprint density at radius 3 is 2.34 bits per heavy atom. The summed E-state index contributed by atoms with van der Waals surface area (Å²) in [5.41, 5.74) is 3.20. The van der Waals surface area contributed by atoms with Crippen molar-refractivity contribution in [2.45, 2.75) is 77.6 Å². The standard InChI is InChI=1S/C31H33ClO3/c1-20-18-24-9-8-22(14-17-31(34)15-6-7-16-31)19-26(24)28(23-10-12-25(32)13-11-23)27(20)29(21(2)33)35-30(3,4)5/h8-13,18-19,29,34H,6-7,15-16H2,1-5H3. The fraction of sp³-hybridized carbons (Fsp3) is 0.387. The van der Waals surface area contributed by atoms with Gasteiger partial charge in [-0.25, -0.2) is 0 Å². The summed E-state index contributed by atoms with van der Waals surface area (Å²) in [5, 5.41) is 13.4. The second kappa shape index (κ2) is 9.78. The highest BCUT2D eigenvalue weighted by atomic mass is 35.5. The number of halogens is 1. The van der Waals surface area contributed by atoms with Crippen LogP contribution in [0.3, 0.4) is 0 Å². The molecule has 0 heterocycles. The Balaban J connectivity index is 1.98. The van der Waals surface area contributed by atoms with Gasteiger partial charge < -0.3 is 9.84 Å². The van der Waals surface area contributed by atoms with Crippen LogP contribution in [0.1, 0.15) is 76.2 Å². The molecule has 0 aromatic heterocycles. The summed E-state index contributed by atoms with van der Waals surface area (Å²) in [6.45, 7) is 9.49. The molecule has 0 amide bonds. The molecule has 1 saturated carbocycles. The Morgan fingerprint density at radius 2 is 1.74 bits per heavy atom. The molecule has 1 unspecified atom stereocenters. The van der Waals surface area contributed by atoms with Gasteiger partial charge in [-0.2, -0.15) is 0 Å². The second-order valence-corrected chi connectivity index (χ2v) is 11.1. The summed E-state index contributed by atoms with van der Waals surface area (Å²) >= 11 is 6.21. The van der Waals surface area contributed by atoms with Crippen molar-refractivity contribution in [2.24, 2.45) is 0 Å². The number of hydrogen-bond donors (Lipinski definition) is 1. The molecular weight excluding hydrogens is 456 g/mol. The van der Waals surface area contributed by atoms with E-state index in [1.54, 1.807) is 6.92 Å². The van der Waals surface area contributed by atoms with Crippen LogP contribution < -0.4 is 0 Å². The number of carbonyl (C=O) groups excluding carboxylic acids is 1. The van der Waals surface area contributed by atoms with Gasteiger partial charge in [-0.1, -0.05) is 47.7 Å². The van der Waals surface area contributed by atoms with E-state index in [0.29, 0.717) is 5.02 Å².